The van der Waals surface area contributed by atoms with Gasteiger partial charge < -0.3 is 14.2 Å². The largest absolute Gasteiger partial charge is 0.378 e. The molecule has 7 heteroatoms. The Labute approximate surface area is 181 Å². The van der Waals surface area contributed by atoms with Crippen molar-refractivity contribution in [3.63, 3.8) is 0 Å². The van der Waals surface area contributed by atoms with Crippen molar-refractivity contribution in [2.24, 2.45) is 0 Å². The Kier molecular flexibility index (Phi) is 8.25. The van der Waals surface area contributed by atoms with Gasteiger partial charge in [0.15, 0.2) is 0 Å². The summed E-state index contributed by atoms with van der Waals surface area (Å²) in [6, 6.07) is 12.8. The summed E-state index contributed by atoms with van der Waals surface area (Å²) in [5.41, 5.74) is 2.39. The van der Waals surface area contributed by atoms with E-state index in [1.165, 1.54) is 24.2 Å². The van der Waals surface area contributed by atoms with Crippen molar-refractivity contribution in [2.75, 3.05) is 51.1 Å². The van der Waals surface area contributed by atoms with Gasteiger partial charge in [0.05, 0.1) is 49.7 Å². The molecule has 0 amide bonds. The molecule has 3 heterocycles. The highest BCUT2D eigenvalue weighted by molar-refractivity contribution is 7.99. The summed E-state index contributed by atoms with van der Waals surface area (Å²) in [6.45, 7) is 3.86. The molecule has 4 bridgehead atoms. The van der Waals surface area contributed by atoms with Crippen LogP contribution in [-0.2, 0) is 14.2 Å². The van der Waals surface area contributed by atoms with Crippen LogP contribution < -0.4 is 0 Å². The van der Waals surface area contributed by atoms with E-state index >= 15 is 0 Å². The fraction of sp³-hybridized carbons (Fsp3) is 0.545. The predicted molar refractivity (Wildman–Crippen MR) is 117 cm³/mol. The van der Waals surface area contributed by atoms with Gasteiger partial charge in [0.25, 0.3) is 0 Å². The Morgan fingerprint density at radius 1 is 0.621 bits per heavy atom. The van der Waals surface area contributed by atoms with Crippen LogP contribution in [0.1, 0.15) is 36.1 Å². The number of pyridine rings is 2. The summed E-state index contributed by atoms with van der Waals surface area (Å²) in [6.07, 6.45) is 2.36. The highest BCUT2D eigenvalue weighted by atomic mass is 32.2. The fourth-order valence-corrected chi connectivity index (χ4v) is 5.11. The first-order valence-corrected chi connectivity index (χ1v) is 12.3. The number of ether oxygens (including phenoxy) is 3. The summed E-state index contributed by atoms with van der Waals surface area (Å²) in [4.78, 5) is 9.86. The van der Waals surface area contributed by atoms with E-state index in [0.29, 0.717) is 51.5 Å². The molecule has 0 radical (unpaired) electrons. The lowest BCUT2D eigenvalue weighted by molar-refractivity contribution is 0.0205. The summed E-state index contributed by atoms with van der Waals surface area (Å²) in [7, 11) is 0. The number of aromatic nitrogens is 2. The average Bonchev–Trinajstić information content (AvgIpc) is 2.71. The van der Waals surface area contributed by atoms with Crippen molar-refractivity contribution in [3.05, 3.63) is 47.8 Å². The molecule has 2 atom stereocenters. The molecular formula is C22H28N2O3S2. The van der Waals surface area contributed by atoms with E-state index in [2.05, 4.69) is 36.4 Å². The van der Waals surface area contributed by atoms with Crippen molar-refractivity contribution in [1.82, 2.24) is 9.97 Å². The van der Waals surface area contributed by atoms with E-state index in [-0.39, 0.29) is 0 Å². The van der Waals surface area contributed by atoms with Gasteiger partial charge in [0.1, 0.15) is 0 Å². The topological polar surface area (TPSA) is 53.5 Å². The minimum Gasteiger partial charge on any atom is -0.378 e. The van der Waals surface area contributed by atoms with Crippen LogP contribution in [0.5, 0.6) is 0 Å². The van der Waals surface area contributed by atoms with Crippen LogP contribution in [0.2, 0.25) is 0 Å². The summed E-state index contributed by atoms with van der Waals surface area (Å²) in [5, 5.41) is 2.15. The zero-order valence-corrected chi connectivity index (χ0v) is 18.3. The smallest absolute Gasteiger partial charge is 0.0964 e. The second-order valence-electron chi connectivity index (χ2n) is 7.13. The zero-order chi connectivity index (χ0) is 19.7. The van der Waals surface area contributed by atoms with Gasteiger partial charge in [-0.2, -0.15) is 0 Å². The van der Waals surface area contributed by atoms with E-state index in [9.17, 15) is 0 Å². The van der Waals surface area contributed by atoms with Crippen molar-refractivity contribution < 1.29 is 14.2 Å². The first-order chi connectivity index (χ1) is 14.4. The second kappa shape index (κ2) is 11.3. The molecule has 2 aliphatic rings. The van der Waals surface area contributed by atoms with Crippen LogP contribution in [0.25, 0.3) is 0 Å². The maximum atomic E-state index is 5.65. The summed E-state index contributed by atoms with van der Waals surface area (Å²) >= 11 is 3.51. The average molecular weight is 433 g/mol. The van der Waals surface area contributed by atoms with Gasteiger partial charge in [-0.15, -0.1) is 23.5 Å². The molecule has 1 fully saturated rings. The quantitative estimate of drug-likeness (QED) is 0.612. The van der Waals surface area contributed by atoms with Crippen LogP contribution in [0.3, 0.4) is 0 Å². The van der Waals surface area contributed by atoms with Crippen LogP contribution in [0.15, 0.2) is 46.5 Å². The Morgan fingerprint density at radius 2 is 1.07 bits per heavy atom. The minimum absolute atomic E-state index is 0.467. The number of thioether (sulfide) groups is 2. The number of nitrogens with zero attached hydrogens (tertiary/aromatic N) is 2. The molecule has 156 valence electrons. The molecule has 4 rings (SSSR count). The highest BCUT2D eigenvalue weighted by Crippen LogP contribution is 2.48. The molecule has 1 aliphatic carbocycles. The number of hydrogen-bond acceptors (Lipinski definition) is 7. The predicted octanol–water partition coefficient (Wildman–Crippen LogP) is 4.39. The van der Waals surface area contributed by atoms with Gasteiger partial charge in [0.2, 0.25) is 0 Å². The molecule has 0 aromatic carbocycles. The van der Waals surface area contributed by atoms with Gasteiger partial charge in [0, 0.05) is 34.7 Å². The third-order valence-electron chi connectivity index (χ3n) is 5.22. The molecule has 29 heavy (non-hydrogen) atoms. The molecule has 1 aliphatic heterocycles. The van der Waals surface area contributed by atoms with Crippen molar-refractivity contribution in [2.45, 2.75) is 34.7 Å². The molecule has 0 unspecified atom stereocenters. The first kappa shape index (κ1) is 21.1. The second-order valence-corrected chi connectivity index (χ2v) is 9.36. The Bertz CT molecular complexity index is 714. The lowest BCUT2D eigenvalue weighted by Crippen LogP contribution is -2.23. The Morgan fingerprint density at radius 3 is 1.52 bits per heavy atom. The van der Waals surface area contributed by atoms with E-state index in [1.54, 1.807) is 23.5 Å². The lowest BCUT2D eigenvalue weighted by atomic mass is 9.70. The fourth-order valence-electron chi connectivity index (χ4n) is 3.60. The summed E-state index contributed by atoms with van der Waals surface area (Å²) < 4.78 is 16.9. The maximum Gasteiger partial charge on any atom is 0.0964 e. The van der Waals surface area contributed by atoms with Gasteiger partial charge in [-0.25, -0.2) is 9.97 Å². The molecule has 0 N–H and O–H groups in total. The van der Waals surface area contributed by atoms with Crippen LogP contribution in [0.4, 0.5) is 0 Å². The van der Waals surface area contributed by atoms with E-state index in [1.807, 2.05) is 0 Å². The number of hydrogen-bond donors (Lipinski definition) is 0. The van der Waals surface area contributed by atoms with Gasteiger partial charge in [-0.05, 0) is 37.1 Å². The molecule has 0 saturated heterocycles. The van der Waals surface area contributed by atoms with Crippen LogP contribution >= 0.6 is 23.5 Å². The molecule has 2 aromatic heterocycles. The molecule has 0 spiro atoms. The Balaban J connectivity index is 1.45. The van der Waals surface area contributed by atoms with E-state index in [4.69, 9.17) is 24.2 Å². The first-order valence-electron chi connectivity index (χ1n) is 10.3. The SMILES string of the molecule is c1cc2nc(c1)[C@H]1CC[C@H]1c1cccc(n1)SCCOCCOCCOCCS2. The normalized spacial score (nSPS) is 24.6. The Hall–Kier alpha value is -1.12. The maximum absolute atomic E-state index is 5.65. The van der Waals surface area contributed by atoms with E-state index < -0.39 is 0 Å². The standard InChI is InChI=1S/C22H28N2O3S2/c1-3-19-17-7-8-18(17)20-4-2-6-22(24-20)29-16-14-27-12-10-25-9-11-26-13-15-28-21(5-1)23-19/h1-6,17-18H,7-16H2/t17-,18+. The minimum atomic E-state index is 0.467. The third kappa shape index (κ3) is 6.18. The van der Waals surface area contributed by atoms with Crippen molar-refractivity contribution >= 4 is 23.5 Å². The molecule has 2 aromatic rings. The van der Waals surface area contributed by atoms with Crippen molar-refractivity contribution in [3.8, 4) is 0 Å². The molecule has 5 nitrogen and oxygen atoms in total. The number of rotatable bonds is 0. The highest BCUT2D eigenvalue weighted by Gasteiger charge is 2.35. The lowest BCUT2D eigenvalue weighted by Gasteiger charge is -2.36. The van der Waals surface area contributed by atoms with Crippen LogP contribution in [-0.4, -0.2) is 61.1 Å². The number of fused-ring (bicyclic) bond motifs is 7. The molecular weight excluding hydrogens is 404 g/mol. The van der Waals surface area contributed by atoms with Crippen molar-refractivity contribution in [1.29, 1.82) is 0 Å². The van der Waals surface area contributed by atoms with Crippen LogP contribution in [0, 0.1) is 0 Å². The van der Waals surface area contributed by atoms with Gasteiger partial charge in [-0.3, -0.25) is 0 Å². The van der Waals surface area contributed by atoms with Gasteiger partial charge in [-0.1, -0.05) is 12.1 Å². The summed E-state index contributed by atoms with van der Waals surface area (Å²) in [5.74, 6) is 2.73. The third-order valence-corrected chi connectivity index (χ3v) is 7.01. The zero-order valence-electron chi connectivity index (χ0n) is 16.6. The monoisotopic (exact) mass is 432 g/mol. The van der Waals surface area contributed by atoms with Gasteiger partial charge >= 0.3 is 0 Å². The molecule has 1 saturated carbocycles. The van der Waals surface area contributed by atoms with E-state index in [0.717, 1.165) is 21.6 Å².